The van der Waals surface area contributed by atoms with Gasteiger partial charge in [-0.3, -0.25) is 4.79 Å². The number of rotatable bonds is 1. The highest BCUT2D eigenvalue weighted by atomic mass is 16.1. The highest BCUT2D eigenvalue weighted by Crippen LogP contribution is 2.31. The quantitative estimate of drug-likeness (QED) is 0.477. The molecule has 112 valence electrons. The molecule has 0 atom stereocenters. The van der Waals surface area contributed by atoms with Gasteiger partial charge in [-0.05, 0) is 30.4 Å². The van der Waals surface area contributed by atoms with Crippen molar-refractivity contribution in [3.63, 3.8) is 0 Å². The number of hydrogen-bond acceptors (Lipinski definition) is 2. The fourth-order valence-corrected chi connectivity index (χ4v) is 2.31. The van der Waals surface area contributed by atoms with E-state index in [-0.39, 0.29) is 0 Å². The van der Waals surface area contributed by atoms with Crippen molar-refractivity contribution in [2.45, 2.75) is 6.42 Å². The first-order chi connectivity index (χ1) is 10.8. The van der Waals surface area contributed by atoms with Gasteiger partial charge in [0.25, 0.3) is 0 Å². The van der Waals surface area contributed by atoms with Crippen LogP contribution in [0.2, 0.25) is 0 Å². The highest BCUT2D eigenvalue weighted by molar-refractivity contribution is 5.74. The van der Waals surface area contributed by atoms with Crippen molar-refractivity contribution in [1.29, 1.82) is 0 Å². The predicted molar refractivity (Wildman–Crippen MR) is 92.6 cm³/mol. The van der Waals surface area contributed by atoms with Crippen LogP contribution in [0.15, 0.2) is 85.0 Å². The summed E-state index contributed by atoms with van der Waals surface area (Å²) >= 11 is 0. The van der Waals surface area contributed by atoms with Crippen molar-refractivity contribution in [2.75, 3.05) is 5.73 Å². The molecule has 0 spiro atoms. The number of hydrogen-bond donors (Lipinski definition) is 1. The zero-order valence-corrected chi connectivity index (χ0v) is 12.5. The van der Waals surface area contributed by atoms with E-state index >= 15 is 0 Å². The first kappa shape index (κ1) is 15.8. The number of carbonyl (C=O) groups is 1. The molecule has 0 amide bonds. The molecule has 0 aliphatic heterocycles. The minimum atomic E-state index is 0.729. The first-order valence-electron chi connectivity index (χ1n) is 7.45. The molecule has 2 heteroatoms. The van der Waals surface area contributed by atoms with Crippen LogP contribution in [0, 0.1) is 11.8 Å². The Labute approximate surface area is 132 Å². The van der Waals surface area contributed by atoms with Gasteiger partial charge in [0.1, 0.15) is 6.29 Å². The van der Waals surface area contributed by atoms with Crippen LogP contribution < -0.4 is 5.73 Å². The maximum Gasteiger partial charge on any atom is 0.150 e. The minimum Gasteiger partial charge on any atom is -0.399 e. The molecule has 0 saturated carbocycles. The van der Waals surface area contributed by atoms with Gasteiger partial charge in [-0.15, -0.1) is 0 Å². The van der Waals surface area contributed by atoms with E-state index in [1.54, 1.807) is 12.1 Å². The summed E-state index contributed by atoms with van der Waals surface area (Å²) in [4.78, 5) is 10.0. The van der Waals surface area contributed by atoms with E-state index in [1.807, 2.05) is 48.5 Å². The van der Waals surface area contributed by atoms with E-state index in [1.165, 1.54) is 6.42 Å². The lowest BCUT2D eigenvalue weighted by atomic mass is 10.2. The molecule has 2 aliphatic rings. The Balaban J connectivity index is 0.000000120. The summed E-state index contributed by atoms with van der Waals surface area (Å²) in [6, 6.07) is 18.6. The largest absolute Gasteiger partial charge is 0.399 e. The molecule has 0 saturated heterocycles. The summed E-state index contributed by atoms with van der Waals surface area (Å²) in [5.74, 6) is 1.62. The maximum atomic E-state index is 10.0. The summed E-state index contributed by atoms with van der Waals surface area (Å²) < 4.78 is 0. The Morgan fingerprint density at radius 2 is 1.23 bits per heavy atom. The van der Waals surface area contributed by atoms with Gasteiger partial charge in [-0.25, -0.2) is 0 Å². The van der Waals surface area contributed by atoms with Crippen molar-refractivity contribution >= 4 is 12.0 Å². The van der Waals surface area contributed by atoms with E-state index < -0.39 is 0 Å². The normalized spacial score (nSPS) is 19.6. The Morgan fingerprint density at radius 1 is 0.773 bits per heavy atom. The van der Waals surface area contributed by atoms with Crippen LogP contribution in [0.3, 0.4) is 0 Å². The lowest BCUT2D eigenvalue weighted by molar-refractivity contribution is 0.112. The van der Waals surface area contributed by atoms with Crippen LogP contribution in [-0.2, 0) is 0 Å². The van der Waals surface area contributed by atoms with Crippen LogP contribution >= 0.6 is 0 Å². The van der Waals surface area contributed by atoms with Crippen LogP contribution in [0.25, 0.3) is 0 Å². The van der Waals surface area contributed by atoms with Gasteiger partial charge >= 0.3 is 0 Å². The molecule has 0 radical (unpaired) electrons. The highest BCUT2D eigenvalue weighted by Gasteiger charge is 2.19. The second kappa shape index (κ2) is 8.63. The number of carbonyl (C=O) groups excluding carboxylic acids is 1. The number of para-hydroxylation sites is 1. The third-order valence-corrected chi connectivity index (χ3v) is 3.49. The molecular formula is C20H21NO. The van der Waals surface area contributed by atoms with Gasteiger partial charge in [0.2, 0.25) is 0 Å². The number of nitrogen functional groups attached to an aromatic ring is 1. The van der Waals surface area contributed by atoms with Gasteiger partial charge in [-0.1, -0.05) is 72.8 Å². The van der Waals surface area contributed by atoms with Crippen LogP contribution in [-0.4, -0.2) is 6.29 Å². The summed E-state index contributed by atoms with van der Waals surface area (Å²) in [6.45, 7) is 0. The monoisotopic (exact) mass is 291 g/mol. The van der Waals surface area contributed by atoms with E-state index in [9.17, 15) is 4.79 Å². The van der Waals surface area contributed by atoms with E-state index in [0.717, 1.165) is 29.4 Å². The summed E-state index contributed by atoms with van der Waals surface area (Å²) in [7, 11) is 0. The molecular weight excluding hydrogens is 270 g/mol. The molecule has 0 unspecified atom stereocenters. The third kappa shape index (κ3) is 5.41. The number of fused-ring (bicyclic) bond motifs is 2. The fourth-order valence-electron chi connectivity index (χ4n) is 2.31. The fraction of sp³-hybridized carbons (Fsp3) is 0.150. The lowest BCUT2D eigenvalue weighted by Crippen LogP contribution is -1.79. The topological polar surface area (TPSA) is 43.1 Å². The van der Waals surface area contributed by atoms with E-state index in [2.05, 4.69) is 24.3 Å². The van der Waals surface area contributed by atoms with Gasteiger partial charge in [0, 0.05) is 11.3 Å². The molecule has 0 heterocycles. The maximum absolute atomic E-state index is 10.0. The molecule has 0 fully saturated rings. The smallest absolute Gasteiger partial charge is 0.150 e. The molecule has 2 aromatic carbocycles. The Bertz CT molecular complexity index is 589. The zero-order chi connectivity index (χ0) is 15.6. The van der Waals surface area contributed by atoms with Gasteiger partial charge < -0.3 is 5.73 Å². The molecule has 2 aliphatic carbocycles. The number of nitrogens with two attached hydrogens (primary N) is 1. The summed E-state index contributed by atoms with van der Waals surface area (Å²) in [5.41, 5.74) is 6.91. The Kier molecular flexibility index (Phi) is 6.18. The standard InChI is InChI=1S/C7H6O.C7H8.C6H7N/c8-6-7-4-2-1-3-5-7;1-2-7-4-3-6(1)5-7;7-6-4-2-1-3-5-6/h1-6H;1-4,6-7H,5H2;1-5H,7H2. The van der Waals surface area contributed by atoms with Crippen LogP contribution in [0.5, 0.6) is 0 Å². The molecule has 2 N–H and O–H groups in total. The van der Waals surface area contributed by atoms with Crippen molar-refractivity contribution in [3.05, 3.63) is 90.5 Å². The summed E-state index contributed by atoms with van der Waals surface area (Å²) in [6.07, 6.45) is 11.4. The van der Waals surface area contributed by atoms with Gasteiger partial charge in [0.05, 0.1) is 0 Å². The van der Waals surface area contributed by atoms with Gasteiger partial charge in [0.15, 0.2) is 0 Å². The van der Waals surface area contributed by atoms with Crippen LogP contribution in [0.1, 0.15) is 16.8 Å². The molecule has 22 heavy (non-hydrogen) atoms. The molecule has 4 rings (SSSR count). The minimum absolute atomic E-state index is 0.729. The Hall–Kier alpha value is -2.61. The van der Waals surface area contributed by atoms with E-state index in [4.69, 9.17) is 5.73 Å². The number of benzene rings is 2. The second-order valence-corrected chi connectivity index (χ2v) is 5.27. The molecule has 2 nitrogen and oxygen atoms in total. The number of aldehydes is 1. The van der Waals surface area contributed by atoms with Crippen LogP contribution in [0.4, 0.5) is 5.69 Å². The summed E-state index contributed by atoms with van der Waals surface area (Å²) in [5, 5.41) is 0. The van der Waals surface area contributed by atoms with Crippen molar-refractivity contribution in [3.8, 4) is 0 Å². The zero-order valence-electron chi connectivity index (χ0n) is 12.5. The molecule has 2 bridgehead atoms. The average Bonchev–Trinajstić information content (AvgIpc) is 3.23. The van der Waals surface area contributed by atoms with Crippen molar-refractivity contribution in [1.82, 2.24) is 0 Å². The number of allylic oxidation sites excluding steroid dienone is 4. The predicted octanol–water partition coefficient (Wildman–Crippen LogP) is 4.52. The van der Waals surface area contributed by atoms with E-state index in [0.29, 0.717) is 0 Å². The van der Waals surface area contributed by atoms with Crippen molar-refractivity contribution in [2.24, 2.45) is 11.8 Å². The Morgan fingerprint density at radius 3 is 1.45 bits per heavy atom. The molecule has 2 aromatic rings. The first-order valence-corrected chi connectivity index (χ1v) is 7.45. The molecule has 0 aromatic heterocycles. The average molecular weight is 291 g/mol. The van der Waals surface area contributed by atoms with Gasteiger partial charge in [-0.2, -0.15) is 0 Å². The third-order valence-electron chi connectivity index (χ3n) is 3.49. The lowest BCUT2D eigenvalue weighted by Gasteiger charge is -1.88. The second-order valence-electron chi connectivity index (χ2n) is 5.27. The van der Waals surface area contributed by atoms with Crippen molar-refractivity contribution < 1.29 is 4.79 Å². The number of anilines is 1. The SMILES string of the molecule is C1=CC2C=CC1C2.Nc1ccccc1.O=Cc1ccccc1.